The highest BCUT2D eigenvalue weighted by molar-refractivity contribution is 7.47. The molecule has 0 aliphatic carbocycles. The molecule has 0 heterocycles. The van der Waals surface area contributed by atoms with Crippen LogP contribution in [0.1, 0.15) is 181 Å². The molecule has 0 aliphatic rings. The van der Waals surface area contributed by atoms with Crippen molar-refractivity contribution >= 4 is 13.7 Å². The molecular formula is C39H80N2O6P+. The monoisotopic (exact) mass is 704 g/mol. The number of nitrogens with one attached hydrogen (secondary N) is 1. The van der Waals surface area contributed by atoms with E-state index in [0.29, 0.717) is 17.4 Å². The lowest BCUT2D eigenvalue weighted by Crippen LogP contribution is -2.45. The van der Waals surface area contributed by atoms with E-state index in [9.17, 15) is 19.4 Å². The molecule has 9 heteroatoms. The van der Waals surface area contributed by atoms with Gasteiger partial charge < -0.3 is 19.8 Å². The van der Waals surface area contributed by atoms with Gasteiger partial charge in [0.2, 0.25) is 5.91 Å². The van der Waals surface area contributed by atoms with Gasteiger partial charge in [-0.2, -0.15) is 0 Å². The zero-order chi connectivity index (χ0) is 35.8. The van der Waals surface area contributed by atoms with Crippen LogP contribution in [0.15, 0.2) is 12.2 Å². The van der Waals surface area contributed by atoms with Crippen molar-refractivity contribution in [3.8, 4) is 0 Å². The van der Waals surface area contributed by atoms with Gasteiger partial charge in [0.15, 0.2) is 0 Å². The number of aliphatic hydroxyl groups excluding tert-OH is 1. The van der Waals surface area contributed by atoms with Gasteiger partial charge in [-0.15, -0.1) is 0 Å². The van der Waals surface area contributed by atoms with Crippen LogP contribution in [0.3, 0.4) is 0 Å². The van der Waals surface area contributed by atoms with Crippen molar-refractivity contribution in [1.29, 1.82) is 0 Å². The number of rotatable bonds is 36. The lowest BCUT2D eigenvalue weighted by molar-refractivity contribution is -0.870. The van der Waals surface area contributed by atoms with Crippen LogP contribution in [0.25, 0.3) is 0 Å². The molecule has 8 nitrogen and oxygen atoms in total. The molecule has 48 heavy (non-hydrogen) atoms. The maximum absolute atomic E-state index is 12.8. The van der Waals surface area contributed by atoms with E-state index in [1.54, 1.807) is 6.08 Å². The number of nitrogens with zero attached hydrogens (tertiary/aromatic N) is 1. The van der Waals surface area contributed by atoms with E-state index in [1.165, 1.54) is 122 Å². The molecule has 3 N–H and O–H groups in total. The Hall–Kier alpha value is -0.760. The number of amides is 1. The van der Waals surface area contributed by atoms with Crippen LogP contribution in [-0.4, -0.2) is 73.4 Å². The van der Waals surface area contributed by atoms with Crippen molar-refractivity contribution in [2.75, 3.05) is 40.9 Å². The minimum atomic E-state index is -4.32. The molecule has 0 saturated heterocycles. The summed E-state index contributed by atoms with van der Waals surface area (Å²) in [6.45, 7) is 4.76. The fourth-order valence-corrected chi connectivity index (χ4v) is 6.48. The summed E-state index contributed by atoms with van der Waals surface area (Å²) < 4.78 is 23.4. The molecule has 0 fully saturated rings. The van der Waals surface area contributed by atoms with Gasteiger partial charge in [-0.05, 0) is 19.3 Å². The van der Waals surface area contributed by atoms with Crippen LogP contribution in [0.4, 0.5) is 0 Å². The molecule has 0 bridgehead atoms. The van der Waals surface area contributed by atoms with E-state index in [0.717, 1.165) is 38.5 Å². The van der Waals surface area contributed by atoms with Gasteiger partial charge in [0.25, 0.3) is 0 Å². The van der Waals surface area contributed by atoms with Gasteiger partial charge in [-0.25, -0.2) is 4.57 Å². The maximum Gasteiger partial charge on any atom is 0.472 e. The van der Waals surface area contributed by atoms with Crippen molar-refractivity contribution in [3.05, 3.63) is 12.2 Å². The number of aliphatic hydroxyl groups is 1. The zero-order valence-electron chi connectivity index (χ0n) is 32.2. The van der Waals surface area contributed by atoms with Crippen LogP contribution in [0.2, 0.25) is 0 Å². The van der Waals surface area contributed by atoms with Crippen molar-refractivity contribution < 1.29 is 32.9 Å². The topological polar surface area (TPSA) is 105 Å². The van der Waals surface area contributed by atoms with Crippen molar-refractivity contribution in [1.82, 2.24) is 5.32 Å². The maximum atomic E-state index is 12.8. The Morgan fingerprint density at radius 1 is 0.688 bits per heavy atom. The Morgan fingerprint density at radius 3 is 1.54 bits per heavy atom. The average molecular weight is 704 g/mol. The molecule has 0 aromatic carbocycles. The van der Waals surface area contributed by atoms with E-state index < -0.39 is 20.0 Å². The summed E-state index contributed by atoms with van der Waals surface area (Å²) >= 11 is 0. The molecule has 0 radical (unpaired) electrons. The molecule has 0 rings (SSSR count). The van der Waals surface area contributed by atoms with Gasteiger partial charge >= 0.3 is 7.82 Å². The average Bonchev–Trinajstić information content (AvgIpc) is 3.02. The molecule has 0 aromatic heterocycles. The van der Waals surface area contributed by atoms with Crippen LogP contribution in [0.5, 0.6) is 0 Å². The number of unbranched alkanes of at least 4 members (excludes halogenated alkanes) is 23. The number of carbonyl (C=O) groups excluding carboxylic acids is 1. The third-order valence-electron chi connectivity index (χ3n) is 9.01. The Bertz CT molecular complexity index is 804. The predicted molar refractivity (Wildman–Crippen MR) is 203 cm³/mol. The van der Waals surface area contributed by atoms with E-state index in [4.69, 9.17) is 9.05 Å². The number of quaternary nitrogens is 1. The second-order valence-corrected chi connectivity index (χ2v) is 16.5. The first-order valence-electron chi connectivity index (χ1n) is 20.1. The SMILES string of the molecule is CCCCCCC/C=C/C(O)C(COP(=O)(O)OCC[N+](C)(C)C)NC(=O)CCCCCCCCCCCCCCCCCCCCC. The number of allylic oxidation sites excluding steroid dienone is 1. The Morgan fingerprint density at radius 2 is 1.10 bits per heavy atom. The minimum Gasteiger partial charge on any atom is -0.387 e. The lowest BCUT2D eigenvalue weighted by Gasteiger charge is -2.25. The lowest BCUT2D eigenvalue weighted by atomic mass is 10.0. The fraction of sp³-hybridized carbons (Fsp3) is 0.923. The normalized spacial score (nSPS) is 14.7. The second kappa shape index (κ2) is 32.2. The van der Waals surface area contributed by atoms with Gasteiger partial charge in [0.05, 0.1) is 39.9 Å². The highest BCUT2D eigenvalue weighted by Crippen LogP contribution is 2.43. The molecule has 286 valence electrons. The first-order valence-corrected chi connectivity index (χ1v) is 21.6. The zero-order valence-corrected chi connectivity index (χ0v) is 33.1. The quantitative estimate of drug-likeness (QED) is 0.0260. The summed E-state index contributed by atoms with van der Waals surface area (Å²) in [5.41, 5.74) is 0. The number of carbonyl (C=O) groups is 1. The molecule has 0 spiro atoms. The number of phosphoric acid groups is 1. The Labute approximate surface area is 297 Å². The van der Waals surface area contributed by atoms with Gasteiger partial charge in [-0.1, -0.05) is 167 Å². The van der Waals surface area contributed by atoms with Crippen LogP contribution >= 0.6 is 7.82 Å². The van der Waals surface area contributed by atoms with Crippen LogP contribution in [0, 0.1) is 0 Å². The number of hydrogen-bond acceptors (Lipinski definition) is 5. The highest BCUT2D eigenvalue weighted by atomic mass is 31.2. The molecule has 0 aliphatic heterocycles. The van der Waals surface area contributed by atoms with Crippen molar-refractivity contribution in [2.24, 2.45) is 0 Å². The predicted octanol–water partition coefficient (Wildman–Crippen LogP) is 10.4. The molecule has 3 unspecified atom stereocenters. The molecule has 0 saturated carbocycles. The van der Waals surface area contributed by atoms with E-state index >= 15 is 0 Å². The minimum absolute atomic E-state index is 0.0637. The molecular weight excluding hydrogens is 623 g/mol. The Balaban J connectivity index is 4.24. The van der Waals surface area contributed by atoms with Crippen LogP contribution in [-0.2, 0) is 18.4 Å². The summed E-state index contributed by atoms with van der Waals surface area (Å²) in [4.78, 5) is 22.9. The third-order valence-corrected chi connectivity index (χ3v) is 9.99. The van der Waals surface area contributed by atoms with Gasteiger partial charge in [0.1, 0.15) is 13.2 Å². The largest absolute Gasteiger partial charge is 0.472 e. The van der Waals surface area contributed by atoms with E-state index in [-0.39, 0.29) is 19.1 Å². The summed E-state index contributed by atoms with van der Waals surface area (Å²) in [5.74, 6) is -0.179. The van der Waals surface area contributed by atoms with E-state index in [2.05, 4.69) is 19.2 Å². The highest BCUT2D eigenvalue weighted by Gasteiger charge is 2.27. The third kappa shape index (κ3) is 33.7. The van der Waals surface area contributed by atoms with Crippen LogP contribution < -0.4 is 5.32 Å². The summed E-state index contributed by atoms with van der Waals surface area (Å²) in [6, 6.07) is -0.836. The fourth-order valence-electron chi connectivity index (χ4n) is 5.75. The molecule has 1 amide bonds. The number of likely N-dealkylation sites (N-methyl/N-ethyl adjacent to an activating group) is 1. The van der Waals surface area contributed by atoms with Crippen molar-refractivity contribution in [2.45, 2.75) is 193 Å². The Kier molecular flexibility index (Phi) is 31.7. The van der Waals surface area contributed by atoms with Gasteiger partial charge in [-0.3, -0.25) is 13.8 Å². The number of phosphoric ester groups is 1. The summed E-state index contributed by atoms with van der Waals surface area (Å²) in [7, 11) is 1.57. The summed E-state index contributed by atoms with van der Waals surface area (Å²) in [5, 5.41) is 13.7. The summed E-state index contributed by atoms with van der Waals surface area (Å²) in [6.07, 6.45) is 34.4. The second-order valence-electron chi connectivity index (χ2n) is 15.0. The standard InChI is InChI=1S/C39H79N2O6P/c1-6-8-10-12-14-15-16-17-18-19-20-21-22-23-24-25-27-29-31-33-39(43)40-37(38(42)32-30-28-26-13-11-9-7-2)36-47-48(44,45)46-35-34-41(3,4)5/h30,32,37-38,42H,6-29,31,33-36H2,1-5H3,(H-,40,43,44,45)/p+1/b32-30+. The number of hydrogen-bond donors (Lipinski definition) is 3. The van der Waals surface area contributed by atoms with Gasteiger partial charge in [0, 0.05) is 6.42 Å². The first-order chi connectivity index (χ1) is 23.0. The molecule has 3 atom stereocenters. The molecule has 0 aromatic rings. The smallest absolute Gasteiger partial charge is 0.387 e. The van der Waals surface area contributed by atoms with E-state index in [1.807, 2.05) is 27.2 Å². The van der Waals surface area contributed by atoms with Crippen molar-refractivity contribution in [3.63, 3.8) is 0 Å². The first kappa shape index (κ1) is 47.2.